The molecule has 1 aromatic heterocycles. The maximum Gasteiger partial charge on any atom is 0.117 e. The summed E-state index contributed by atoms with van der Waals surface area (Å²) in [6.45, 7) is 0. The molecular formula is C12H10N2OS2. The first-order valence-corrected chi connectivity index (χ1v) is 7.24. The number of phenols is 1. The second kappa shape index (κ2) is 4.09. The van der Waals surface area contributed by atoms with Crippen LogP contribution in [-0.4, -0.2) is 16.4 Å². The highest BCUT2D eigenvalue weighted by atomic mass is 32.2. The Balaban J connectivity index is 2.22. The van der Waals surface area contributed by atoms with Crippen LogP contribution in [0.15, 0.2) is 34.0 Å². The lowest BCUT2D eigenvalue weighted by molar-refractivity contribution is 0.475. The fourth-order valence-corrected chi connectivity index (χ4v) is 3.17. The first-order chi connectivity index (χ1) is 8.28. The van der Waals surface area contributed by atoms with Crippen molar-refractivity contribution in [1.82, 2.24) is 0 Å². The highest BCUT2D eigenvalue weighted by Crippen LogP contribution is 2.39. The number of aromatic hydroxyl groups is 1. The van der Waals surface area contributed by atoms with Gasteiger partial charge in [-0.25, -0.2) is 4.99 Å². The quantitative estimate of drug-likeness (QED) is 0.706. The maximum absolute atomic E-state index is 9.50. The largest absolute Gasteiger partial charge is 0.508 e. The Labute approximate surface area is 107 Å². The summed E-state index contributed by atoms with van der Waals surface area (Å²) in [7, 11) is 0. The van der Waals surface area contributed by atoms with E-state index in [0.717, 1.165) is 27.7 Å². The van der Waals surface area contributed by atoms with Crippen LogP contribution in [-0.2, 0) is 0 Å². The van der Waals surface area contributed by atoms with Crippen molar-refractivity contribution in [2.24, 2.45) is 4.99 Å². The van der Waals surface area contributed by atoms with Gasteiger partial charge in [0.2, 0.25) is 0 Å². The van der Waals surface area contributed by atoms with E-state index in [-0.39, 0.29) is 5.75 Å². The monoisotopic (exact) mass is 262 g/mol. The van der Waals surface area contributed by atoms with E-state index in [1.165, 1.54) is 0 Å². The van der Waals surface area contributed by atoms with Gasteiger partial charge in [0.1, 0.15) is 10.8 Å². The van der Waals surface area contributed by atoms with Crippen molar-refractivity contribution in [3.8, 4) is 5.75 Å². The minimum atomic E-state index is 0.235. The lowest BCUT2D eigenvalue weighted by Gasteiger charge is -2.05. The summed E-state index contributed by atoms with van der Waals surface area (Å²) in [6.07, 6.45) is 2.01. The molecule has 2 aromatic rings. The Morgan fingerprint density at radius 3 is 3.00 bits per heavy atom. The van der Waals surface area contributed by atoms with Crippen molar-refractivity contribution in [1.29, 1.82) is 0 Å². The fraction of sp³-hybridized carbons (Fsp3) is 0.0833. The second-order valence-electron chi connectivity index (χ2n) is 3.65. The maximum atomic E-state index is 9.50. The van der Waals surface area contributed by atoms with Crippen LogP contribution in [0, 0.1) is 0 Å². The van der Waals surface area contributed by atoms with Crippen molar-refractivity contribution in [3.05, 3.63) is 34.5 Å². The first-order valence-electron chi connectivity index (χ1n) is 5.07. The second-order valence-corrected chi connectivity index (χ2v) is 5.19. The molecule has 2 heterocycles. The zero-order chi connectivity index (χ0) is 11.8. The molecule has 2 N–H and O–H groups in total. The van der Waals surface area contributed by atoms with Crippen LogP contribution in [0.5, 0.6) is 5.75 Å². The van der Waals surface area contributed by atoms with E-state index in [2.05, 4.69) is 21.1 Å². The van der Waals surface area contributed by atoms with Gasteiger partial charge < -0.3 is 10.4 Å². The van der Waals surface area contributed by atoms with Gasteiger partial charge in [-0.2, -0.15) is 0 Å². The van der Waals surface area contributed by atoms with Crippen molar-refractivity contribution in [2.45, 2.75) is 0 Å². The molecule has 0 spiro atoms. The number of aliphatic imine (C=N–C) groups is 1. The summed E-state index contributed by atoms with van der Waals surface area (Å²) in [5, 5.41) is 18.0. The van der Waals surface area contributed by atoms with Crippen molar-refractivity contribution in [2.75, 3.05) is 11.6 Å². The van der Waals surface area contributed by atoms with Gasteiger partial charge in [-0.05, 0) is 18.4 Å². The molecule has 0 saturated carbocycles. The number of anilines is 2. The third kappa shape index (κ3) is 1.81. The van der Waals surface area contributed by atoms with Crippen LogP contribution in [0.3, 0.4) is 0 Å². The number of hydrogen-bond donors (Lipinski definition) is 2. The van der Waals surface area contributed by atoms with Crippen LogP contribution in [0.1, 0.15) is 5.56 Å². The number of nitrogens with one attached hydrogen (secondary N) is 1. The summed E-state index contributed by atoms with van der Waals surface area (Å²) in [6, 6.07) is 5.18. The normalized spacial score (nSPS) is 13.1. The average molecular weight is 262 g/mol. The molecule has 3 rings (SSSR count). The molecule has 0 fully saturated rings. The molecule has 0 amide bonds. The van der Waals surface area contributed by atoms with Gasteiger partial charge in [0.15, 0.2) is 0 Å². The number of nitrogens with zero attached hydrogens (tertiary/aromatic N) is 1. The Kier molecular flexibility index (Phi) is 2.57. The molecule has 17 heavy (non-hydrogen) atoms. The average Bonchev–Trinajstić information content (AvgIpc) is 2.72. The van der Waals surface area contributed by atoms with E-state index in [1.54, 1.807) is 35.2 Å². The van der Waals surface area contributed by atoms with Crippen LogP contribution in [0.4, 0.5) is 17.1 Å². The topological polar surface area (TPSA) is 44.6 Å². The molecule has 0 aliphatic carbocycles. The lowest BCUT2D eigenvalue weighted by atomic mass is 10.2. The van der Waals surface area contributed by atoms with E-state index < -0.39 is 0 Å². The molecule has 1 aromatic carbocycles. The van der Waals surface area contributed by atoms with Crippen LogP contribution < -0.4 is 5.32 Å². The highest BCUT2D eigenvalue weighted by Gasteiger charge is 2.16. The minimum Gasteiger partial charge on any atom is -0.508 e. The predicted octanol–water partition coefficient (Wildman–Crippen LogP) is 3.95. The third-order valence-electron chi connectivity index (χ3n) is 2.56. The minimum absolute atomic E-state index is 0.235. The SMILES string of the molecule is CSC1=Nc2cc(O)ccc2Nc2cscc21. The van der Waals surface area contributed by atoms with Gasteiger partial charge >= 0.3 is 0 Å². The molecule has 86 valence electrons. The zero-order valence-electron chi connectivity index (χ0n) is 9.10. The van der Waals surface area contributed by atoms with Crippen LogP contribution in [0.2, 0.25) is 0 Å². The van der Waals surface area contributed by atoms with E-state index >= 15 is 0 Å². The molecule has 3 nitrogen and oxygen atoms in total. The number of thiophene rings is 1. The first kappa shape index (κ1) is 10.7. The molecule has 0 saturated heterocycles. The van der Waals surface area contributed by atoms with E-state index in [1.807, 2.05) is 12.3 Å². The van der Waals surface area contributed by atoms with E-state index in [9.17, 15) is 5.11 Å². The summed E-state index contributed by atoms with van der Waals surface area (Å²) in [4.78, 5) is 4.60. The number of thioether (sulfide) groups is 1. The zero-order valence-corrected chi connectivity index (χ0v) is 10.7. The van der Waals surface area contributed by atoms with Crippen molar-refractivity contribution in [3.63, 3.8) is 0 Å². The molecule has 1 aliphatic heterocycles. The van der Waals surface area contributed by atoms with Crippen LogP contribution in [0.25, 0.3) is 0 Å². The van der Waals surface area contributed by atoms with Crippen LogP contribution >= 0.6 is 23.1 Å². The van der Waals surface area contributed by atoms with Gasteiger partial charge in [0, 0.05) is 22.4 Å². The Hall–Kier alpha value is -1.46. The fourth-order valence-electron chi connectivity index (χ4n) is 1.75. The Morgan fingerprint density at radius 2 is 2.18 bits per heavy atom. The molecule has 1 aliphatic rings. The number of benzene rings is 1. The molecular weight excluding hydrogens is 252 g/mol. The summed E-state index contributed by atoms with van der Waals surface area (Å²) in [5.41, 5.74) is 3.90. The number of hydrogen-bond acceptors (Lipinski definition) is 5. The Morgan fingerprint density at radius 1 is 1.29 bits per heavy atom. The summed E-state index contributed by atoms with van der Waals surface area (Å²) >= 11 is 3.27. The van der Waals surface area contributed by atoms with Gasteiger partial charge in [-0.3, -0.25) is 0 Å². The molecule has 5 heteroatoms. The third-order valence-corrected chi connectivity index (χ3v) is 4.00. The summed E-state index contributed by atoms with van der Waals surface area (Å²) < 4.78 is 0. The number of rotatable bonds is 0. The lowest BCUT2D eigenvalue weighted by Crippen LogP contribution is -1.94. The number of fused-ring (bicyclic) bond motifs is 2. The molecule has 0 radical (unpaired) electrons. The number of phenolic OH excluding ortho intramolecular Hbond substituents is 1. The highest BCUT2D eigenvalue weighted by molar-refractivity contribution is 8.13. The van der Waals surface area contributed by atoms with Gasteiger partial charge in [-0.1, -0.05) is 0 Å². The Bertz CT molecular complexity index is 604. The molecule has 0 unspecified atom stereocenters. The standard InChI is InChI=1S/C12H10N2OS2/c1-16-12-8-5-17-6-11(8)13-9-3-2-7(15)4-10(9)14-12/h2-6,13,15H,1H3. The van der Waals surface area contributed by atoms with Gasteiger partial charge in [0.25, 0.3) is 0 Å². The smallest absolute Gasteiger partial charge is 0.117 e. The van der Waals surface area contributed by atoms with E-state index in [4.69, 9.17) is 0 Å². The predicted molar refractivity (Wildman–Crippen MR) is 75.4 cm³/mol. The van der Waals surface area contributed by atoms with Gasteiger partial charge in [0.05, 0.1) is 17.1 Å². The van der Waals surface area contributed by atoms with Crippen molar-refractivity contribution >= 4 is 45.2 Å². The summed E-state index contributed by atoms with van der Waals surface area (Å²) in [5.74, 6) is 0.235. The van der Waals surface area contributed by atoms with E-state index in [0.29, 0.717) is 0 Å². The van der Waals surface area contributed by atoms with Crippen molar-refractivity contribution < 1.29 is 5.11 Å². The molecule has 0 atom stereocenters. The van der Waals surface area contributed by atoms with Gasteiger partial charge in [-0.15, -0.1) is 23.1 Å². The molecule has 0 bridgehead atoms.